The number of nitrogens with zero attached hydrogens (tertiary/aromatic N) is 2. The van der Waals surface area contributed by atoms with Gasteiger partial charge in [-0.05, 0) is 32.0 Å². The van der Waals surface area contributed by atoms with E-state index in [2.05, 4.69) is 20.5 Å². The molecule has 0 unspecified atom stereocenters. The van der Waals surface area contributed by atoms with E-state index in [1.807, 2.05) is 13.8 Å². The number of nitrogens with one attached hydrogen (secondary N) is 2. The van der Waals surface area contributed by atoms with Crippen LogP contribution in [0.5, 0.6) is 0 Å². The van der Waals surface area contributed by atoms with Gasteiger partial charge in [-0.1, -0.05) is 0 Å². The summed E-state index contributed by atoms with van der Waals surface area (Å²) >= 11 is 0. The Kier molecular flexibility index (Phi) is 3.46. The molecule has 0 bridgehead atoms. The minimum atomic E-state index is -4.40. The van der Waals surface area contributed by atoms with E-state index < -0.39 is 11.7 Å². The van der Waals surface area contributed by atoms with Crippen molar-refractivity contribution in [1.82, 2.24) is 15.2 Å². The number of hydrogen-bond acceptors (Lipinski definition) is 3. The lowest BCUT2D eigenvalue weighted by atomic mass is 10.1. The number of halogens is 3. The Hall–Kier alpha value is -2.05. The van der Waals surface area contributed by atoms with E-state index in [0.29, 0.717) is 11.3 Å². The Morgan fingerprint density at radius 1 is 1.21 bits per heavy atom. The Morgan fingerprint density at radius 3 is 2.47 bits per heavy atom. The van der Waals surface area contributed by atoms with Gasteiger partial charge >= 0.3 is 6.18 Å². The van der Waals surface area contributed by atoms with E-state index >= 15 is 0 Å². The molecule has 4 nitrogen and oxygen atoms in total. The highest BCUT2D eigenvalue weighted by Gasteiger charge is 2.31. The lowest BCUT2D eigenvalue weighted by molar-refractivity contribution is -0.137. The van der Waals surface area contributed by atoms with Crippen molar-refractivity contribution in [2.75, 3.05) is 5.32 Å². The summed E-state index contributed by atoms with van der Waals surface area (Å²) in [6.07, 6.45) is -3.08. The fraction of sp³-hybridized carbons (Fsp3) is 0.333. The fourth-order valence-corrected chi connectivity index (χ4v) is 1.68. The number of H-pyrrole nitrogens is 1. The van der Waals surface area contributed by atoms with Crippen molar-refractivity contribution in [3.05, 3.63) is 30.1 Å². The smallest absolute Gasteiger partial charge is 0.383 e. The highest BCUT2D eigenvalue weighted by atomic mass is 19.4. The standard InChI is InChI=1S/C12H13F3N4/c1-7(2)18-10-4-8(11-16-6-17-19-11)3-9(5-10)12(13,14)15/h3-7,18H,1-2H3,(H,16,17,19). The molecule has 0 aliphatic rings. The van der Waals surface area contributed by atoms with Gasteiger partial charge in [-0.2, -0.15) is 18.3 Å². The van der Waals surface area contributed by atoms with E-state index in [0.717, 1.165) is 12.1 Å². The number of hydrogen-bond donors (Lipinski definition) is 2. The van der Waals surface area contributed by atoms with E-state index in [4.69, 9.17) is 0 Å². The molecule has 0 aliphatic carbocycles. The fourth-order valence-electron chi connectivity index (χ4n) is 1.68. The molecule has 0 radical (unpaired) electrons. The topological polar surface area (TPSA) is 53.6 Å². The van der Waals surface area contributed by atoms with Gasteiger partial charge < -0.3 is 5.32 Å². The molecule has 0 saturated heterocycles. The molecule has 102 valence electrons. The van der Waals surface area contributed by atoms with Gasteiger partial charge in [0, 0.05) is 17.3 Å². The van der Waals surface area contributed by atoms with Gasteiger partial charge in [-0.15, -0.1) is 0 Å². The summed E-state index contributed by atoms with van der Waals surface area (Å²) in [5.41, 5.74) is -0.0122. The molecule has 0 fully saturated rings. The van der Waals surface area contributed by atoms with Gasteiger partial charge in [0.05, 0.1) is 5.56 Å². The van der Waals surface area contributed by atoms with Gasteiger partial charge in [0.2, 0.25) is 0 Å². The van der Waals surface area contributed by atoms with Crippen LogP contribution in [0.25, 0.3) is 11.4 Å². The SMILES string of the molecule is CC(C)Nc1cc(-c2nc[nH]n2)cc(C(F)(F)F)c1. The van der Waals surface area contributed by atoms with Gasteiger partial charge in [-0.3, -0.25) is 5.10 Å². The molecular weight excluding hydrogens is 257 g/mol. The molecule has 0 spiro atoms. The van der Waals surface area contributed by atoms with Crippen LogP contribution in [-0.4, -0.2) is 21.2 Å². The monoisotopic (exact) mass is 270 g/mol. The van der Waals surface area contributed by atoms with Crippen molar-refractivity contribution in [1.29, 1.82) is 0 Å². The van der Waals surface area contributed by atoms with Crippen LogP contribution in [-0.2, 0) is 6.18 Å². The summed E-state index contributed by atoms with van der Waals surface area (Å²) < 4.78 is 38.6. The number of aromatic amines is 1. The molecule has 2 aromatic rings. The second-order valence-electron chi connectivity index (χ2n) is 4.42. The van der Waals surface area contributed by atoms with Crippen LogP contribution < -0.4 is 5.32 Å². The molecule has 0 amide bonds. The summed E-state index contributed by atoms with van der Waals surface area (Å²) in [6.45, 7) is 3.71. The molecular formula is C12H13F3N4. The number of aromatic nitrogens is 3. The van der Waals surface area contributed by atoms with E-state index in [1.165, 1.54) is 6.33 Å². The van der Waals surface area contributed by atoms with Crippen molar-refractivity contribution in [2.45, 2.75) is 26.1 Å². The van der Waals surface area contributed by atoms with E-state index in [-0.39, 0.29) is 11.9 Å². The number of benzene rings is 1. The third kappa shape index (κ3) is 3.24. The zero-order chi connectivity index (χ0) is 14.0. The van der Waals surface area contributed by atoms with Crippen LogP contribution in [0.4, 0.5) is 18.9 Å². The average Bonchev–Trinajstić information content (AvgIpc) is 2.79. The summed E-state index contributed by atoms with van der Waals surface area (Å²) in [6, 6.07) is 3.74. The third-order valence-electron chi connectivity index (χ3n) is 2.39. The minimum Gasteiger partial charge on any atom is -0.383 e. The quantitative estimate of drug-likeness (QED) is 0.899. The van der Waals surface area contributed by atoms with Crippen molar-refractivity contribution in [3.63, 3.8) is 0 Å². The van der Waals surface area contributed by atoms with Crippen LogP contribution in [0.15, 0.2) is 24.5 Å². The first kappa shape index (κ1) is 13.4. The predicted molar refractivity (Wildman–Crippen MR) is 65.6 cm³/mol. The van der Waals surface area contributed by atoms with Gasteiger partial charge in [0.1, 0.15) is 6.33 Å². The van der Waals surface area contributed by atoms with E-state index in [1.54, 1.807) is 6.07 Å². The van der Waals surface area contributed by atoms with Crippen molar-refractivity contribution in [3.8, 4) is 11.4 Å². The molecule has 0 atom stereocenters. The Balaban J connectivity index is 2.49. The summed E-state index contributed by atoms with van der Waals surface area (Å²) in [5.74, 6) is 0.234. The molecule has 0 aliphatic heterocycles. The van der Waals surface area contributed by atoms with E-state index in [9.17, 15) is 13.2 Å². The Bertz CT molecular complexity index is 547. The molecule has 7 heteroatoms. The maximum absolute atomic E-state index is 12.9. The van der Waals surface area contributed by atoms with Crippen molar-refractivity contribution < 1.29 is 13.2 Å². The highest BCUT2D eigenvalue weighted by Crippen LogP contribution is 2.34. The van der Waals surface area contributed by atoms with Crippen molar-refractivity contribution in [2.24, 2.45) is 0 Å². The van der Waals surface area contributed by atoms with Crippen LogP contribution in [0.1, 0.15) is 19.4 Å². The van der Waals surface area contributed by atoms with Gasteiger partial charge in [0.25, 0.3) is 0 Å². The first-order valence-electron chi connectivity index (χ1n) is 5.71. The molecule has 1 aromatic heterocycles. The molecule has 0 saturated carbocycles. The summed E-state index contributed by atoms with van der Waals surface area (Å²) in [4.78, 5) is 3.87. The molecule has 1 aromatic carbocycles. The average molecular weight is 270 g/mol. The number of rotatable bonds is 3. The number of alkyl halides is 3. The van der Waals surface area contributed by atoms with Gasteiger partial charge in [0.15, 0.2) is 5.82 Å². The Morgan fingerprint density at radius 2 is 1.95 bits per heavy atom. The first-order chi connectivity index (χ1) is 8.86. The second kappa shape index (κ2) is 4.91. The zero-order valence-electron chi connectivity index (χ0n) is 10.4. The maximum Gasteiger partial charge on any atom is 0.416 e. The summed E-state index contributed by atoms with van der Waals surface area (Å²) in [7, 11) is 0. The van der Waals surface area contributed by atoms with Crippen LogP contribution in [0.3, 0.4) is 0 Å². The molecule has 19 heavy (non-hydrogen) atoms. The van der Waals surface area contributed by atoms with Crippen LogP contribution >= 0.6 is 0 Å². The highest BCUT2D eigenvalue weighted by molar-refractivity contribution is 5.64. The third-order valence-corrected chi connectivity index (χ3v) is 2.39. The summed E-state index contributed by atoms with van der Waals surface area (Å²) in [5, 5.41) is 9.24. The maximum atomic E-state index is 12.9. The lowest BCUT2D eigenvalue weighted by Crippen LogP contribution is -2.12. The molecule has 2 N–H and O–H groups in total. The normalized spacial score (nSPS) is 11.9. The molecule has 2 rings (SSSR count). The number of anilines is 1. The first-order valence-corrected chi connectivity index (χ1v) is 5.71. The minimum absolute atomic E-state index is 0.0310. The second-order valence-corrected chi connectivity index (χ2v) is 4.42. The lowest BCUT2D eigenvalue weighted by Gasteiger charge is -2.14. The Labute approximate surface area is 108 Å². The zero-order valence-corrected chi connectivity index (χ0v) is 10.4. The largest absolute Gasteiger partial charge is 0.416 e. The van der Waals surface area contributed by atoms with Crippen LogP contribution in [0.2, 0.25) is 0 Å². The predicted octanol–water partition coefficient (Wildman–Crippen LogP) is 3.31. The van der Waals surface area contributed by atoms with Gasteiger partial charge in [-0.25, -0.2) is 4.98 Å². The van der Waals surface area contributed by atoms with Crippen LogP contribution in [0, 0.1) is 0 Å². The molecule has 1 heterocycles. The van der Waals surface area contributed by atoms with Crippen molar-refractivity contribution >= 4 is 5.69 Å².